The van der Waals surface area contributed by atoms with Gasteiger partial charge in [-0.2, -0.15) is 0 Å². The lowest BCUT2D eigenvalue weighted by Gasteiger charge is -2.09. The normalized spacial score (nSPS) is 10.6. The average molecular weight is 339 g/mol. The molecule has 2 aromatic carbocycles. The van der Waals surface area contributed by atoms with Gasteiger partial charge in [-0.05, 0) is 43.2 Å². The van der Waals surface area contributed by atoms with Crippen molar-refractivity contribution in [3.05, 3.63) is 65.2 Å². The van der Waals surface area contributed by atoms with Crippen LogP contribution in [0.5, 0.6) is 5.75 Å². The summed E-state index contributed by atoms with van der Waals surface area (Å²) in [6, 6.07) is 12.1. The molecule has 0 aromatic heterocycles. The van der Waals surface area contributed by atoms with E-state index in [0.29, 0.717) is 12.3 Å². The van der Waals surface area contributed by atoms with Crippen molar-refractivity contribution < 1.29 is 19.4 Å². The molecular formula is C20H21NO4. The van der Waals surface area contributed by atoms with E-state index in [1.807, 2.05) is 31.2 Å². The largest absolute Gasteiger partial charge is 0.493 e. The monoisotopic (exact) mass is 339 g/mol. The molecule has 0 spiro atoms. The number of hydrogen-bond donors (Lipinski definition) is 2. The first kappa shape index (κ1) is 18.3. The van der Waals surface area contributed by atoms with E-state index >= 15 is 0 Å². The number of hydrogen-bond acceptors (Lipinski definition) is 3. The molecule has 0 aliphatic heterocycles. The third kappa shape index (κ3) is 5.21. The first-order valence-corrected chi connectivity index (χ1v) is 8.06. The zero-order chi connectivity index (χ0) is 18.2. The van der Waals surface area contributed by atoms with Crippen LogP contribution in [0.3, 0.4) is 0 Å². The molecule has 0 heterocycles. The Morgan fingerprint density at radius 3 is 2.68 bits per heavy atom. The number of aryl methyl sites for hydroxylation is 1. The van der Waals surface area contributed by atoms with Crippen LogP contribution in [0.25, 0.3) is 6.08 Å². The Hall–Kier alpha value is -3.08. The lowest BCUT2D eigenvalue weighted by Crippen LogP contribution is -2.10. The van der Waals surface area contributed by atoms with Crippen LogP contribution < -0.4 is 10.1 Å². The number of aromatic carboxylic acids is 1. The molecule has 0 aliphatic rings. The van der Waals surface area contributed by atoms with E-state index in [4.69, 9.17) is 9.84 Å². The highest BCUT2D eigenvalue weighted by molar-refractivity contribution is 6.03. The maximum absolute atomic E-state index is 12.2. The summed E-state index contributed by atoms with van der Waals surface area (Å²) >= 11 is 0. The first-order chi connectivity index (χ1) is 12.0. The van der Waals surface area contributed by atoms with Crippen molar-refractivity contribution in [2.75, 3.05) is 11.9 Å². The van der Waals surface area contributed by atoms with Crippen LogP contribution in [0.15, 0.2) is 48.5 Å². The van der Waals surface area contributed by atoms with Gasteiger partial charge in [0.15, 0.2) is 0 Å². The Bertz CT molecular complexity index is 796. The number of anilines is 1. The number of para-hydroxylation sites is 1. The third-order valence-corrected chi connectivity index (χ3v) is 3.54. The van der Waals surface area contributed by atoms with Crippen molar-refractivity contribution in [2.24, 2.45) is 0 Å². The van der Waals surface area contributed by atoms with Gasteiger partial charge < -0.3 is 15.2 Å². The second-order valence-electron chi connectivity index (χ2n) is 5.54. The minimum Gasteiger partial charge on any atom is -0.493 e. The van der Waals surface area contributed by atoms with Gasteiger partial charge in [-0.25, -0.2) is 4.79 Å². The molecule has 0 bridgehead atoms. The molecule has 2 rings (SSSR count). The van der Waals surface area contributed by atoms with E-state index in [9.17, 15) is 9.59 Å². The van der Waals surface area contributed by atoms with E-state index in [1.54, 1.807) is 19.1 Å². The summed E-state index contributed by atoms with van der Waals surface area (Å²) < 4.78 is 5.65. The van der Waals surface area contributed by atoms with E-state index in [2.05, 4.69) is 5.32 Å². The van der Waals surface area contributed by atoms with Gasteiger partial charge in [0.1, 0.15) is 5.75 Å². The maximum Gasteiger partial charge on any atom is 0.335 e. The Labute approximate surface area is 146 Å². The van der Waals surface area contributed by atoms with Gasteiger partial charge >= 0.3 is 5.97 Å². The maximum atomic E-state index is 12.2. The molecule has 1 amide bonds. The van der Waals surface area contributed by atoms with Crippen LogP contribution in [-0.2, 0) is 4.79 Å². The van der Waals surface area contributed by atoms with E-state index in [0.717, 1.165) is 23.3 Å². The summed E-state index contributed by atoms with van der Waals surface area (Å²) in [6.45, 7) is 4.44. The molecule has 0 unspecified atom stereocenters. The standard InChI is InChI=1S/C20H21NO4/c1-3-12-25-18-7-5-4-6-15(18)10-11-19(22)21-17-13-16(20(23)24)9-8-14(17)2/h4-11,13H,3,12H2,1-2H3,(H,21,22)(H,23,24)/b11-10+. The highest BCUT2D eigenvalue weighted by Gasteiger charge is 2.08. The van der Waals surface area contributed by atoms with Crippen LogP contribution >= 0.6 is 0 Å². The predicted octanol–water partition coefficient (Wildman–Crippen LogP) is 4.13. The molecule has 2 aromatic rings. The second kappa shape index (κ2) is 8.68. The molecule has 0 radical (unpaired) electrons. The minimum absolute atomic E-state index is 0.128. The summed E-state index contributed by atoms with van der Waals surface area (Å²) in [5.74, 6) is -0.651. The van der Waals surface area contributed by atoms with Crippen LogP contribution in [0.1, 0.15) is 34.8 Å². The fourth-order valence-electron chi connectivity index (χ4n) is 2.19. The van der Waals surface area contributed by atoms with E-state index in [1.165, 1.54) is 18.2 Å². The molecule has 0 saturated heterocycles. The molecule has 5 heteroatoms. The lowest BCUT2D eigenvalue weighted by molar-refractivity contribution is -0.111. The van der Waals surface area contributed by atoms with Gasteiger partial charge in [0, 0.05) is 17.3 Å². The van der Waals surface area contributed by atoms with Crippen molar-refractivity contribution in [3.8, 4) is 5.75 Å². The summed E-state index contributed by atoms with van der Waals surface area (Å²) in [6.07, 6.45) is 3.98. The SMILES string of the molecule is CCCOc1ccccc1/C=C/C(=O)Nc1cc(C(=O)O)ccc1C. The van der Waals surface area contributed by atoms with Gasteiger partial charge in [-0.3, -0.25) is 4.79 Å². The fourth-order valence-corrected chi connectivity index (χ4v) is 2.19. The molecule has 130 valence electrons. The Kier molecular flexibility index (Phi) is 6.34. The van der Waals surface area contributed by atoms with Crippen LogP contribution in [0.4, 0.5) is 5.69 Å². The molecule has 0 saturated carbocycles. The van der Waals surface area contributed by atoms with E-state index < -0.39 is 5.97 Å². The van der Waals surface area contributed by atoms with Crippen molar-refractivity contribution >= 4 is 23.6 Å². The average Bonchev–Trinajstić information content (AvgIpc) is 2.60. The predicted molar refractivity (Wildman–Crippen MR) is 98.0 cm³/mol. The minimum atomic E-state index is -1.03. The number of carbonyl (C=O) groups excluding carboxylic acids is 1. The second-order valence-corrected chi connectivity index (χ2v) is 5.54. The topological polar surface area (TPSA) is 75.6 Å². The number of carboxylic acids is 1. The lowest BCUT2D eigenvalue weighted by atomic mass is 10.1. The molecule has 0 aliphatic carbocycles. The zero-order valence-corrected chi connectivity index (χ0v) is 14.3. The van der Waals surface area contributed by atoms with E-state index in [-0.39, 0.29) is 11.5 Å². The van der Waals surface area contributed by atoms with Gasteiger partial charge in [0.05, 0.1) is 12.2 Å². The number of ether oxygens (including phenoxy) is 1. The molecular weight excluding hydrogens is 318 g/mol. The van der Waals surface area contributed by atoms with Crippen molar-refractivity contribution in [1.29, 1.82) is 0 Å². The highest BCUT2D eigenvalue weighted by atomic mass is 16.5. The number of benzene rings is 2. The molecule has 5 nitrogen and oxygen atoms in total. The zero-order valence-electron chi connectivity index (χ0n) is 14.3. The quantitative estimate of drug-likeness (QED) is 0.744. The number of rotatable bonds is 7. The van der Waals surface area contributed by atoms with Crippen molar-refractivity contribution in [3.63, 3.8) is 0 Å². The van der Waals surface area contributed by atoms with Gasteiger partial charge in [-0.1, -0.05) is 31.2 Å². The summed E-state index contributed by atoms with van der Waals surface area (Å²) in [5.41, 5.74) is 2.20. The Morgan fingerprint density at radius 1 is 1.20 bits per heavy atom. The molecule has 0 atom stereocenters. The Balaban J connectivity index is 2.12. The summed E-state index contributed by atoms with van der Waals surface area (Å²) in [4.78, 5) is 23.2. The fraction of sp³-hybridized carbons (Fsp3) is 0.200. The van der Waals surface area contributed by atoms with Crippen molar-refractivity contribution in [2.45, 2.75) is 20.3 Å². The number of carbonyl (C=O) groups is 2. The molecule has 2 N–H and O–H groups in total. The highest BCUT2D eigenvalue weighted by Crippen LogP contribution is 2.20. The van der Waals surface area contributed by atoms with Gasteiger partial charge in [-0.15, -0.1) is 0 Å². The van der Waals surface area contributed by atoms with Crippen LogP contribution in [-0.4, -0.2) is 23.6 Å². The summed E-state index contributed by atoms with van der Waals surface area (Å²) in [5, 5.41) is 11.8. The molecule has 25 heavy (non-hydrogen) atoms. The Morgan fingerprint density at radius 2 is 1.96 bits per heavy atom. The van der Waals surface area contributed by atoms with Crippen LogP contribution in [0.2, 0.25) is 0 Å². The number of nitrogens with one attached hydrogen (secondary N) is 1. The number of carboxylic acid groups (broad SMARTS) is 1. The first-order valence-electron chi connectivity index (χ1n) is 8.06. The van der Waals surface area contributed by atoms with Gasteiger partial charge in [0.25, 0.3) is 0 Å². The van der Waals surface area contributed by atoms with Crippen LogP contribution in [0, 0.1) is 6.92 Å². The van der Waals surface area contributed by atoms with Crippen molar-refractivity contribution in [1.82, 2.24) is 0 Å². The molecule has 0 fully saturated rings. The van der Waals surface area contributed by atoms with Gasteiger partial charge in [0.2, 0.25) is 5.91 Å². The number of amides is 1. The summed E-state index contributed by atoms with van der Waals surface area (Å²) in [7, 11) is 0. The third-order valence-electron chi connectivity index (χ3n) is 3.54. The smallest absolute Gasteiger partial charge is 0.335 e.